The lowest BCUT2D eigenvalue weighted by Gasteiger charge is -2.48. The number of nitrogens with one attached hydrogen (secondary N) is 1. The third-order valence-corrected chi connectivity index (χ3v) is 7.97. The molecule has 3 rings (SSSR count). The van der Waals surface area contributed by atoms with Crippen LogP contribution in [0.2, 0.25) is 0 Å². The van der Waals surface area contributed by atoms with E-state index in [9.17, 15) is 24.6 Å². The van der Waals surface area contributed by atoms with Crippen molar-refractivity contribution in [3.8, 4) is 5.75 Å². The van der Waals surface area contributed by atoms with Crippen LogP contribution in [-0.2, 0) is 29.3 Å². The Bertz CT molecular complexity index is 1230. The van der Waals surface area contributed by atoms with Crippen molar-refractivity contribution in [1.82, 2.24) is 0 Å². The number of phenolic OH excluding ortho intramolecular Hbond substituents is 1. The number of benzene rings is 1. The van der Waals surface area contributed by atoms with Crippen LogP contribution in [0.1, 0.15) is 64.2 Å². The van der Waals surface area contributed by atoms with E-state index in [4.69, 9.17) is 30.4 Å². The Kier molecular flexibility index (Phi) is 10.1. The number of amides is 3. The summed E-state index contributed by atoms with van der Waals surface area (Å²) >= 11 is 0. The highest BCUT2D eigenvalue weighted by atomic mass is 16.6. The van der Waals surface area contributed by atoms with Crippen molar-refractivity contribution in [3.63, 3.8) is 0 Å². The van der Waals surface area contributed by atoms with Gasteiger partial charge in [0, 0.05) is 37.3 Å². The summed E-state index contributed by atoms with van der Waals surface area (Å²) in [4.78, 5) is 37.5. The molecule has 226 valence electrons. The fourth-order valence-electron chi connectivity index (χ4n) is 6.12. The summed E-state index contributed by atoms with van der Waals surface area (Å²) in [5, 5.41) is 24.6. The average molecular weight is 576 g/mol. The van der Waals surface area contributed by atoms with Crippen molar-refractivity contribution in [1.29, 1.82) is 0 Å². The molecule has 0 spiro atoms. The van der Waals surface area contributed by atoms with Gasteiger partial charge in [0.2, 0.25) is 0 Å². The van der Waals surface area contributed by atoms with Gasteiger partial charge in [0.1, 0.15) is 17.5 Å². The van der Waals surface area contributed by atoms with Crippen molar-refractivity contribution in [2.75, 3.05) is 19.5 Å². The Morgan fingerprint density at radius 2 is 1.76 bits per heavy atom. The highest BCUT2D eigenvalue weighted by Gasteiger charge is 2.53. The second-order valence-corrected chi connectivity index (χ2v) is 10.9. The van der Waals surface area contributed by atoms with Crippen LogP contribution in [0.25, 0.3) is 0 Å². The van der Waals surface area contributed by atoms with Gasteiger partial charge in [-0.1, -0.05) is 26.0 Å². The van der Waals surface area contributed by atoms with Crippen LogP contribution in [0, 0.1) is 11.8 Å². The van der Waals surface area contributed by atoms with Crippen molar-refractivity contribution in [3.05, 3.63) is 46.6 Å². The largest absolute Gasteiger partial charge is 0.508 e. The van der Waals surface area contributed by atoms with Crippen LogP contribution in [0.15, 0.2) is 35.4 Å². The zero-order valence-electron chi connectivity index (χ0n) is 24.3. The number of hydrogen-bond donors (Lipinski definition) is 5. The molecular formula is C29H41N3O9. The molecule has 2 aliphatic rings. The molecule has 0 saturated heterocycles. The summed E-state index contributed by atoms with van der Waals surface area (Å²) in [6.45, 7) is 6.95. The number of rotatable bonds is 4. The molecule has 1 aliphatic carbocycles. The summed E-state index contributed by atoms with van der Waals surface area (Å²) in [7, 11) is 2.92. The molecule has 0 radical (unpaired) electrons. The Labute approximate surface area is 239 Å². The first-order valence-electron chi connectivity index (χ1n) is 13.5. The number of allylic oxidation sites excluding steroid dienone is 1. The molecule has 41 heavy (non-hydrogen) atoms. The molecule has 1 aliphatic heterocycles. The van der Waals surface area contributed by atoms with Crippen LogP contribution < -0.4 is 16.8 Å². The first-order valence-corrected chi connectivity index (χ1v) is 13.5. The molecule has 7 N–H and O–H groups in total. The van der Waals surface area contributed by atoms with Gasteiger partial charge in [-0.2, -0.15) is 0 Å². The number of carbonyl (C=O) groups excluding carboxylic acids is 3. The monoisotopic (exact) mass is 575 g/mol. The normalized spacial score (nSPS) is 33.4. The minimum Gasteiger partial charge on any atom is -0.508 e. The number of aliphatic hydroxyl groups excluding tert-OH is 1. The van der Waals surface area contributed by atoms with E-state index in [0.29, 0.717) is 35.1 Å². The summed E-state index contributed by atoms with van der Waals surface area (Å²) in [6.07, 6.45) is -1.22. The van der Waals surface area contributed by atoms with Gasteiger partial charge in [-0.25, -0.2) is 9.59 Å². The van der Waals surface area contributed by atoms with Gasteiger partial charge in [0.15, 0.2) is 6.10 Å². The third kappa shape index (κ3) is 6.66. The second-order valence-electron chi connectivity index (χ2n) is 10.9. The first-order chi connectivity index (χ1) is 19.2. The SMILES string of the molecule is COC1CC/C=C(\C)C(=O)Nc2cc(O)cc3c2C(OC)(CC(C)C3O)C(OC(N)=O)C(C)/C=C(\C)C1OC(N)=O. The van der Waals surface area contributed by atoms with E-state index in [0.717, 1.165) is 0 Å². The fourth-order valence-corrected chi connectivity index (χ4v) is 6.12. The van der Waals surface area contributed by atoms with Gasteiger partial charge in [-0.05, 0) is 56.2 Å². The van der Waals surface area contributed by atoms with E-state index in [1.165, 1.54) is 26.4 Å². The van der Waals surface area contributed by atoms with E-state index in [2.05, 4.69) is 5.32 Å². The zero-order valence-corrected chi connectivity index (χ0v) is 24.3. The molecule has 1 aromatic rings. The number of carbonyl (C=O) groups is 3. The molecule has 1 heterocycles. The number of aromatic hydroxyl groups is 1. The number of primary amides is 2. The van der Waals surface area contributed by atoms with Crippen LogP contribution in [0.4, 0.5) is 15.3 Å². The lowest BCUT2D eigenvalue weighted by Crippen LogP contribution is -2.52. The summed E-state index contributed by atoms with van der Waals surface area (Å²) < 4.78 is 23.1. The van der Waals surface area contributed by atoms with Gasteiger partial charge >= 0.3 is 12.2 Å². The lowest BCUT2D eigenvalue weighted by molar-refractivity contribution is -0.149. The molecule has 0 bridgehead atoms. The molecule has 12 heteroatoms. The van der Waals surface area contributed by atoms with Crippen LogP contribution in [0.5, 0.6) is 5.75 Å². The Morgan fingerprint density at radius 3 is 2.34 bits per heavy atom. The van der Waals surface area contributed by atoms with E-state index in [1.807, 2.05) is 0 Å². The van der Waals surface area contributed by atoms with Crippen molar-refractivity contribution in [2.45, 2.75) is 77.0 Å². The maximum atomic E-state index is 13.3. The minimum absolute atomic E-state index is 0.164. The van der Waals surface area contributed by atoms with Gasteiger partial charge in [-0.3, -0.25) is 4.79 Å². The van der Waals surface area contributed by atoms with E-state index >= 15 is 0 Å². The van der Waals surface area contributed by atoms with Gasteiger partial charge in [0.05, 0.1) is 17.9 Å². The average Bonchev–Trinajstić information content (AvgIpc) is 2.89. The Balaban J connectivity index is 2.37. The van der Waals surface area contributed by atoms with E-state index in [-0.39, 0.29) is 17.9 Å². The number of aliphatic hydroxyl groups is 1. The predicted octanol–water partition coefficient (Wildman–Crippen LogP) is 3.51. The summed E-state index contributed by atoms with van der Waals surface area (Å²) in [5.74, 6) is -1.67. The zero-order chi connectivity index (χ0) is 30.6. The topological polar surface area (TPSA) is 193 Å². The number of nitrogens with two attached hydrogens (primary N) is 2. The molecular weight excluding hydrogens is 534 g/mol. The van der Waals surface area contributed by atoms with E-state index in [1.54, 1.807) is 39.8 Å². The van der Waals surface area contributed by atoms with Gasteiger partial charge in [-0.15, -0.1) is 0 Å². The number of anilines is 1. The number of methoxy groups -OCH3 is 2. The third-order valence-electron chi connectivity index (χ3n) is 7.97. The number of phenols is 1. The molecule has 0 aromatic heterocycles. The van der Waals surface area contributed by atoms with Crippen molar-refractivity contribution >= 4 is 23.8 Å². The van der Waals surface area contributed by atoms with Crippen LogP contribution >= 0.6 is 0 Å². The van der Waals surface area contributed by atoms with Gasteiger partial charge in [0.25, 0.3) is 5.91 Å². The van der Waals surface area contributed by atoms with Crippen LogP contribution in [0.3, 0.4) is 0 Å². The van der Waals surface area contributed by atoms with Crippen molar-refractivity contribution in [2.24, 2.45) is 23.3 Å². The first kappa shape index (κ1) is 31.9. The Morgan fingerprint density at radius 1 is 1.10 bits per heavy atom. The van der Waals surface area contributed by atoms with Crippen molar-refractivity contribution < 1.29 is 43.5 Å². The number of ether oxygens (including phenoxy) is 4. The Hall–Kier alpha value is -3.61. The fraction of sp³-hybridized carbons (Fsp3) is 0.552. The molecule has 1 aromatic carbocycles. The summed E-state index contributed by atoms with van der Waals surface area (Å²) in [6, 6.07) is 2.77. The maximum absolute atomic E-state index is 13.3. The van der Waals surface area contributed by atoms with E-state index < -0.39 is 59.9 Å². The highest BCUT2D eigenvalue weighted by Crippen LogP contribution is 2.53. The second kappa shape index (κ2) is 12.9. The molecule has 12 nitrogen and oxygen atoms in total. The summed E-state index contributed by atoms with van der Waals surface area (Å²) in [5.41, 5.74) is 11.3. The maximum Gasteiger partial charge on any atom is 0.405 e. The molecule has 3 amide bonds. The lowest BCUT2D eigenvalue weighted by atomic mass is 9.67. The predicted molar refractivity (Wildman–Crippen MR) is 150 cm³/mol. The molecule has 7 unspecified atom stereocenters. The smallest absolute Gasteiger partial charge is 0.405 e. The minimum atomic E-state index is -1.44. The standard InChI is InChI=1S/C29H41N3O9/c1-14-8-7-9-21(38-5)24(40-27(30)36)15(2)10-16(3)25(41-28(31)37)29(39-6)13-17(4)23(34)19-11-18(33)12-20(22(19)29)32-26(14)35/h8,10-12,16-17,21,23-25,33-34H,7,9,13H2,1-6H3,(H2,30,36)(H2,31,37)(H,32,35)/b14-8+,15-10+. The molecule has 7 atom stereocenters. The number of hydrogen-bond acceptors (Lipinski definition) is 9. The quantitative estimate of drug-likeness (QED) is 0.334. The highest BCUT2D eigenvalue weighted by molar-refractivity contribution is 6.04. The van der Waals surface area contributed by atoms with Gasteiger partial charge < -0.3 is 45.9 Å². The molecule has 0 saturated carbocycles. The van der Waals surface area contributed by atoms with Crippen LogP contribution in [-0.4, -0.2) is 60.8 Å². The molecule has 0 fully saturated rings.